The fourth-order valence-electron chi connectivity index (χ4n) is 19.8. The lowest BCUT2D eigenvalue weighted by atomic mass is 9.92. The summed E-state index contributed by atoms with van der Waals surface area (Å²) in [6.45, 7) is 30.7. The topological polar surface area (TPSA) is 65.5 Å². The Morgan fingerprint density at radius 3 is 0.959 bits per heavy atom. The molecule has 0 amide bonds. The molecule has 0 atom stereocenters. The molecule has 0 aliphatic carbocycles. The van der Waals surface area contributed by atoms with Crippen molar-refractivity contribution < 1.29 is 17.7 Å². The quantitative estimate of drug-likeness (QED) is 0.113. The van der Waals surface area contributed by atoms with Gasteiger partial charge in [0.2, 0.25) is 0 Å². The number of benzene rings is 18. The van der Waals surface area contributed by atoms with Crippen molar-refractivity contribution in [3.05, 3.63) is 369 Å². The van der Waals surface area contributed by atoms with Crippen molar-refractivity contribution in [1.29, 1.82) is 0 Å². The Morgan fingerprint density at radius 2 is 0.533 bits per heavy atom. The van der Waals surface area contributed by atoms with Crippen LogP contribution in [-0.2, 0) is 0 Å². The standard InChI is InChI=1S/C114H90N4O4/c1-63-29-33-67(5)96(45-63)117(97-46-64(2)30-34-68(97)6)90-43-39-79-57-94-102(61-84(79)53-90)121-113-76(14)105(114-109(108(94)113)95-58-80-40-44-91(54-85(80)62-103(95)122-114)118(98-47-65(3)31-35-69(98)7)99-48-66(4)32-36-70(99)8)81-25-20-28-87(50-81)116(111-73(11)23-19-24-74(111)12)89-42-38-78-56-93-101(60-83(78)52-89)120-112-75(13)49-104-106(107(93)112)92-55-77-37-41-88(51-82(77)59-100(92)119-104)115(86-26-16-15-17-27-86)110-71(9)21-18-22-72(110)10/h15-62H,1-14H3. The Balaban J connectivity index is 0.707. The maximum atomic E-state index is 7.67. The lowest BCUT2D eigenvalue weighted by Crippen LogP contribution is -2.13. The molecule has 0 aliphatic rings. The molecule has 8 nitrogen and oxygen atoms in total. The molecule has 4 heterocycles. The van der Waals surface area contributed by atoms with Crippen molar-refractivity contribution in [2.45, 2.75) is 96.9 Å². The van der Waals surface area contributed by atoms with Crippen LogP contribution < -0.4 is 19.6 Å². The number of rotatable bonds is 13. The predicted octanol–water partition coefficient (Wildman–Crippen LogP) is 33.8. The van der Waals surface area contributed by atoms with E-state index in [1.165, 1.54) is 61.3 Å². The maximum absolute atomic E-state index is 7.67. The van der Waals surface area contributed by atoms with Crippen LogP contribution in [0.25, 0.3) is 142 Å². The van der Waals surface area contributed by atoms with Crippen LogP contribution in [0.2, 0.25) is 0 Å². The van der Waals surface area contributed by atoms with Crippen LogP contribution in [0.1, 0.15) is 77.9 Å². The molecular formula is C114H90N4O4. The van der Waals surface area contributed by atoms with Crippen molar-refractivity contribution in [2.75, 3.05) is 19.6 Å². The monoisotopic (exact) mass is 1580 g/mol. The van der Waals surface area contributed by atoms with Gasteiger partial charge in [0.25, 0.3) is 0 Å². The highest BCUT2D eigenvalue weighted by Gasteiger charge is 2.30. The van der Waals surface area contributed by atoms with Gasteiger partial charge in [-0.2, -0.15) is 0 Å². The highest BCUT2D eigenvalue weighted by Crippen LogP contribution is 2.54. The number of para-hydroxylation sites is 3. The first-order valence-corrected chi connectivity index (χ1v) is 42.4. The van der Waals surface area contributed by atoms with Crippen LogP contribution in [0.4, 0.5) is 68.2 Å². The third kappa shape index (κ3) is 11.8. The third-order valence-corrected chi connectivity index (χ3v) is 25.9. The zero-order chi connectivity index (χ0) is 83.1. The molecule has 8 heteroatoms. The van der Waals surface area contributed by atoms with Crippen LogP contribution in [0.3, 0.4) is 0 Å². The van der Waals surface area contributed by atoms with Gasteiger partial charge in [-0.15, -0.1) is 0 Å². The van der Waals surface area contributed by atoms with E-state index in [9.17, 15) is 0 Å². The van der Waals surface area contributed by atoms with E-state index in [1.54, 1.807) is 0 Å². The lowest BCUT2D eigenvalue weighted by molar-refractivity contribution is 0.660. The number of furan rings is 4. The molecule has 0 saturated carbocycles. The fourth-order valence-corrected chi connectivity index (χ4v) is 19.8. The van der Waals surface area contributed by atoms with E-state index in [0.29, 0.717) is 0 Å². The number of hydrogen-bond donors (Lipinski definition) is 0. The molecule has 0 saturated heterocycles. The van der Waals surface area contributed by atoms with Crippen molar-refractivity contribution in [3.63, 3.8) is 0 Å². The molecule has 122 heavy (non-hydrogen) atoms. The number of aryl methyl sites for hydroxylation is 14. The Labute approximate surface area is 708 Å². The molecule has 0 spiro atoms. The SMILES string of the molecule is Cc1ccc(C)c(N(c2ccc3cc4c(cc3c2)oc2c(C)c(-c3cccc(N(c5ccc6cc7c(cc6c5)oc5c(C)cc6oc8cc9cc(N(c%10ccccc%10)c%10c(C)cccc%10C)ccc9cc8c6c57)c5c(C)cccc5C)c3)c3oc5cc6cc(N(c7cc(C)ccc7C)c7cc(C)ccc7C)ccc6cc5c3c24)c2cc(C)ccc2C)c1. The Morgan fingerprint density at radius 1 is 0.197 bits per heavy atom. The zero-order valence-electron chi connectivity index (χ0n) is 71.1. The highest BCUT2D eigenvalue weighted by molar-refractivity contribution is 6.32. The van der Waals surface area contributed by atoms with E-state index in [2.05, 4.69) is 408 Å². The van der Waals surface area contributed by atoms with Gasteiger partial charge in [0.15, 0.2) is 0 Å². The highest BCUT2D eigenvalue weighted by atomic mass is 16.3. The first-order chi connectivity index (χ1) is 59.2. The molecule has 4 aromatic heterocycles. The van der Waals surface area contributed by atoms with Gasteiger partial charge in [-0.3, -0.25) is 0 Å². The first kappa shape index (κ1) is 73.7. The second-order valence-electron chi connectivity index (χ2n) is 34.5. The minimum atomic E-state index is 0.796. The van der Waals surface area contributed by atoms with Gasteiger partial charge in [0.1, 0.15) is 44.7 Å². The summed E-state index contributed by atoms with van der Waals surface area (Å²) in [6.07, 6.45) is 0. The van der Waals surface area contributed by atoms with E-state index in [4.69, 9.17) is 17.7 Å². The van der Waals surface area contributed by atoms with Crippen molar-refractivity contribution >= 4 is 199 Å². The second-order valence-corrected chi connectivity index (χ2v) is 34.5. The molecule has 0 radical (unpaired) electrons. The molecule has 0 unspecified atom stereocenters. The maximum Gasteiger partial charge on any atom is 0.144 e. The summed E-state index contributed by atoms with van der Waals surface area (Å²) >= 11 is 0. The summed E-state index contributed by atoms with van der Waals surface area (Å²) < 4.78 is 29.3. The minimum Gasteiger partial charge on any atom is -0.456 e. The Bertz CT molecular complexity index is 8090. The lowest BCUT2D eigenvalue weighted by Gasteiger charge is -2.29. The normalized spacial score (nSPS) is 12.0. The number of anilines is 12. The van der Waals surface area contributed by atoms with E-state index in [0.717, 1.165) is 227 Å². The summed E-state index contributed by atoms with van der Waals surface area (Å²) in [6, 6.07) is 108. The molecule has 18 aromatic carbocycles. The molecular weight excluding hydrogens is 1490 g/mol. The fraction of sp³-hybridized carbons (Fsp3) is 0.123. The van der Waals surface area contributed by atoms with Gasteiger partial charge in [-0.25, -0.2) is 0 Å². The van der Waals surface area contributed by atoms with Crippen LogP contribution in [0.5, 0.6) is 0 Å². The van der Waals surface area contributed by atoms with Crippen molar-refractivity contribution in [1.82, 2.24) is 0 Å². The van der Waals surface area contributed by atoms with Crippen LogP contribution in [0, 0.1) is 96.9 Å². The zero-order valence-corrected chi connectivity index (χ0v) is 71.1. The first-order valence-electron chi connectivity index (χ1n) is 42.4. The molecule has 590 valence electrons. The average Bonchev–Trinajstić information content (AvgIpc) is 1.53. The van der Waals surface area contributed by atoms with Gasteiger partial charge in [-0.05, 0) is 370 Å². The van der Waals surface area contributed by atoms with Gasteiger partial charge >= 0.3 is 0 Å². The van der Waals surface area contributed by atoms with Gasteiger partial charge < -0.3 is 37.3 Å². The summed E-state index contributed by atoms with van der Waals surface area (Å²) in [4.78, 5) is 9.68. The third-order valence-electron chi connectivity index (χ3n) is 25.9. The van der Waals surface area contributed by atoms with Gasteiger partial charge in [0, 0.05) is 111 Å². The summed E-state index contributed by atoms with van der Waals surface area (Å²) in [5.41, 5.74) is 38.1. The summed E-state index contributed by atoms with van der Waals surface area (Å²) in [7, 11) is 0. The summed E-state index contributed by atoms with van der Waals surface area (Å²) in [5.74, 6) is 0. The number of fused-ring (bicyclic) bond motifs is 18. The molecule has 0 fully saturated rings. The van der Waals surface area contributed by atoms with Crippen LogP contribution in [0.15, 0.2) is 309 Å². The predicted molar refractivity (Wildman–Crippen MR) is 516 cm³/mol. The van der Waals surface area contributed by atoms with Crippen LogP contribution in [-0.4, -0.2) is 0 Å². The van der Waals surface area contributed by atoms with E-state index < -0.39 is 0 Å². The van der Waals surface area contributed by atoms with Gasteiger partial charge in [-0.1, -0.05) is 140 Å². The number of hydrogen-bond acceptors (Lipinski definition) is 8. The molecule has 0 N–H and O–H groups in total. The largest absolute Gasteiger partial charge is 0.456 e. The minimum absolute atomic E-state index is 0.796. The van der Waals surface area contributed by atoms with E-state index >= 15 is 0 Å². The van der Waals surface area contributed by atoms with Crippen LogP contribution >= 0.6 is 0 Å². The van der Waals surface area contributed by atoms with E-state index in [1.807, 2.05) is 0 Å². The van der Waals surface area contributed by atoms with Gasteiger partial charge in [0.05, 0.1) is 11.4 Å². The van der Waals surface area contributed by atoms with Crippen molar-refractivity contribution in [3.8, 4) is 11.1 Å². The van der Waals surface area contributed by atoms with Crippen molar-refractivity contribution in [2.24, 2.45) is 0 Å². The molecule has 0 bridgehead atoms. The Kier molecular flexibility index (Phi) is 16.9. The smallest absolute Gasteiger partial charge is 0.144 e. The molecule has 0 aliphatic heterocycles. The van der Waals surface area contributed by atoms with E-state index in [-0.39, 0.29) is 0 Å². The molecule has 22 aromatic rings. The number of nitrogens with zero attached hydrogens (tertiary/aromatic N) is 4. The second kappa shape index (κ2) is 28.0. The average molecular weight is 1580 g/mol. The Hall–Kier alpha value is -14.6. The molecule has 22 rings (SSSR count). The summed E-state index contributed by atoms with van der Waals surface area (Å²) in [5, 5.41) is 17.1.